The maximum absolute atomic E-state index is 12.0. The van der Waals surface area contributed by atoms with Crippen molar-refractivity contribution in [3.05, 3.63) is 35.9 Å². The van der Waals surface area contributed by atoms with Crippen LogP contribution >= 0.6 is 0 Å². The van der Waals surface area contributed by atoms with E-state index in [9.17, 15) is 4.79 Å². The normalized spacial score (nSPS) is 10.8. The maximum Gasteiger partial charge on any atom is 0.266 e. The fraction of sp³-hybridized carbons (Fsp3) is 0.167. The van der Waals surface area contributed by atoms with Crippen molar-refractivity contribution in [3.63, 3.8) is 0 Å². The molecule has 0 radical (unpaired) electrons. The zero-order valence-electron chi connectivity index (χ0n) is 9.77. The van der Waals surface area contributed by atoms with E-state index in [1.807, 2.05) is 24.3 Å². The van der Waals surface area contributed by atoms with Crippen LogP contribution in [0.4, 0.5) is 5.82 Å². The van der Waals surface area contributed by atoms with Crippen molar-refractivity contribution in [2.45, 2.75) is 0 Å². The molecule has 17 heavy (non-hydrogen) atoms. The van der Waals surface area contributed by atoms with Crippen LogP contribution in [0.3, 0.4) is 0 Å². The summed E-state index contributed by atoms with van der Waals surface area (Å²) in [4.78, 5) is 16.2. The van der Waals surface area contributed by atoms with Crippen LogP contribution in [-0.2, 0) is 0 Å². The number of hydrogen-bond acceptors (Lipinski definition) is 4. The number of amides is 1. The quantitative estimate of drug-likeness (QED) is 0.756. The number of para-hydroxylation sites is 1. The lowest BCUT2D eigenvalue weighted by atomic mass is 10.1. The fourth-order valence-electron chi connectivity index (χ4n) is 1.65. The molecule has 1 heterocycles. The van der Waals surface area contributed by atoms with E-state index in [-0.39, 0.29) is 5.91 Å². The number of fused-ring (bicyclic) bond motifs is 1. The molecule has 5 nitrogen and oxygen atoms in total. The fourth-order valence-corrected chi connectivity index (χ4v) is 1.65. The molecule has 2 rings (SSSR count). The molecule has 2 aromatic rings. The minimum absolute atomic E-state index is 0.194. The number of hydrogen-bond donors (Lipinski definition) is 2. The molecule has 1 aromatic heterocycles. The van der Waals surface area contributed by atoms with Crippen LogP contribution < -0.4 is 11.2 Å². The van der Waals surface area contributed by atoms with Crippen molar-refractivity contribution in [3.8, 4) is 0 Å². The van der Waals surface area contributed by atoms with Gasteiger partial charge in [0.15, 0.2) is 0 Å². The molecule has 1 amide bonds. The molecule has 0 aliphatic carbocycles. The number of carbonyl (C=O) groups excluding carboxylic acids is 1. The maximum atomic E-state index is 12.0. The van der Waals surface area contributed by atoms with Gasteiger partial charge in [0.1, 0.15) is 5.82 Å². The van der Waals surface area contributed by atoms with E-state index in [1.54, 1.807) is 25.2 Å². The van der Waals surface area contributed by atoms with Gasteiger partial charge in [0.25, 0.3) is 5.91 Å². The van der Waals surface area contributed by atoms with Gasteiger partial charge >= 0.3 is 0 Å². The van der Waals surface area contributed by atoms with E-state index in [2.05, 4.69) is 10.4 Å². The Hall–Kier alpha value is -2.14. The highest BCUT2D eigenvalue weighted by molar-refractivity contribution is 6.06. The van der Waals surface area contributed by atoms with Crippen LogP contribution in [0.2, 0.25) is 0 Å². The van der Waals surface area contributed by atoms with Crippen LogP contribution in [0, 0.1) is 0 Å². The first kappa shape index (κ1) is 11.3. The van der Waals surface area contributed by atoms with Crippen LogP contribution in [0.5, 0.6) is 0 Å². The van der Waals surface area contributed by atoms with Crippen LogP contribution in [-0.4, -0.2) is 30.0 Å². The molecule has 0 saturated heterocycles. The Morgan fingerprint density at radius 1 is 1.35 bits per heavy atom. The number of carbonyl (C=O) groups is 1. The third-order valence-electron chi connectivity index (χ3n) is 2.31. The third kappa shape index (κ3) is 2.34. The summed E-state index contributed by atoms with van der Waals surface area (Å²) in [7, 11) is 3.51. The smallest absolute Gasteiger partial charge is 0.266 e. The van der Waals surface area contributed by atoms with Gasteiger partial charge < -0.3 is 5.73 Å². The van der Waals surface area contributed by atoms with Crippen molar-refractivity contribution < 1.29 is 4.79 Å². The van der Waals surface area contributed by atoms with Gasteiger partial charge in [-0.05, 0) is 12.1 Å². The number of anilines is 1. The van der Waals surface area contributed by atoms with Crippen LogP contribution in [0.1, 0.15) is 10.4 Å². The van der Waals surface area contributed by atoms with Crippen molar-refractivity contribution in [1.82, 2.24) is 15.4 Å². The Labute approximate surface area is 99.2 Å². The second-order valence-corrected chi connectivity index (χ2v) is 3.95. The second kappa shape index (κ2) is 4.39. The summed E-state index contributed by atoms with van der Waals surface area (Å²) in [6, 6.07) is 9.00. The highest BCUT2D eigenvalue weighted by Gasteiger charge is 2.12. The minimum Gasteiger partial charge on any atom is -0.384 e. The number of nitrogens with two attached hydrogens (primary N) is 1. The molecule has 5 heteroatoms. The van der Waals surface area contributed by atoms with Gasteiger partial charge in [0.2, 0.25) is 0 Å². The van der Waals surface area contributed by atoms with Gasteiger partial charge in [-0.25, -0.2) is 9.99 Å². The van der Waals surface area contributed by atoms with Crippen molar-refractivity contribution >= 4 is 22.6 Å². The van der Waals surface area contributed by atoms with Gasteiger partial charge in [-0.1, -0.05) is 18.2 Å². The molecule has 0 aliphatic rings. The molecule has 0 aliphatic heterocycles. The highest BCUT2D eigenvalue weighted by atomic mass is 16.2. The highest BCUT2D eigenvalue weighted by Crippen LogP contribution is 2.19. The number of aromatic nitrogens is 1. The Balaban J connectivity index is 2.56. The molecule has 3 N–H and O–H groups in total. The number of benzene rings is 1. The Morgan fingerprint density at radius 2 is 2.06 bits per heavy atom. The van der Waals surface area contributed by atoms with E-state index in [0.29, 0.717) is 11.4 Å². The molecule has 0 fully saturated rings. The third-order valence-corrected chi connectivity index (χ3v) is 2.31. The molecule has 0 atom stereocenters. The summed E-state index contributed by atoms with van der Waals surface area (Å²) in [6.45, 7) is 0. The molecule has 0 saturated carbocycles. The lowest BCUT2D eigenvalue weighted by Crippen LogP contribution is -2.36. The number of nitrogens with zero attached hydrogens (tertiary/aromatic N) is 2. The summed E-state index contributed by atoms with van der Waals surface area (Å²) in [5, 5.41) is 2.38. The van der Waals surface area contributed by atoms with E-state index in [1.165, 1.54) is 0 Å². The molecule has 1 aromatic carbocycles. The molecule has 88 valence electrons. The van der Waals surface area contributed by atoms with Gasteiger partial charge in [0.05, 0.1) is 11.1 Å². The molecular formula is C12H14N4O. The summed E-state index contributed by atoms with van der Waals surface area (Å²) in [5.74, 6) is 0.146. The Kier molecular flexibility index (Phi) is 2.93. The SMILES string of the molecule is CN(C)NC(=O)c1cc(N)nc2ccccc12. The van der Waals surface area contributed by atoms with Gasteiger partial charge in [0, 0.05) is 19.5 Å². The van der Waals surface area contributed by atoms with Crippen molar-refractivity contribution in [1.29, 1.82) is 0 Å². The number of hydrazine groups is 1. The van der Waals surface area contributed by atoms with E-state index in [4.69, 9.17) is 5.73 Å². The molecule has 0 unspecified atom stereocenters. The topological polar surface area (TPSA) is 71.2 Å². The van der Waals surface area contributed by atoms with Gasteiger partial charge in [-0.3, -0.25) is 10.2 Å². The Morgan fingerprint density at radius 3 is 2.76 bits per heavy atom. The predicted molar refractivity (Wildman–Crippen MR) is 67.3 cm³/mol. The molecule has 0 bridgehead atoms. The summed E-state index contributed by atoms with van der Waals surface area (Å²) >= 11 is 0. The molecule has 0 spiro atoms. The first-order valence-corrected chi connectivity index (χ1v) is 5.21. The standard InChI is InChI=1S/C12H14N4O/c1-16(2)15-12(17)9-7-11(13)14-10-6-4-3-5-8(9)10/h3-7H,1-2H3,(H2,13,14)(H,15,17). The number of nitrogens with one attached hydrogen (secondary N) is 1. The number of pyridine rings is 1. The van der Waals surface area contributed by atoms with Crippen LogP contribution in [0.15, 0.2) is 30.3 Å². The summed E-state index contributed by atoms with van der Waals surface area (Å²) in [5.41, 5.74) is 9.63. The zero-order chi connectivity index (χ0) is 12.4. The first-order valence-electron chi connectivity index (χ1n) is 5.21. The van der Waals surface area contributed by atoms with E-state index < -0.39 is 0 Å². The van der Waals surface area contributed by atoms with E-state index >= 15 is 0 Å². The van der Waals surface area contributed by atoms with Crippen molar-refractivity contribution in [2.75, 3.05) is 19.8 Å². The minimum atomic E-state index is -0.194. The monoisotopic (exact) mass is 230 g/mol. The second-order valence-electron chi connectivity index (χ2n) is 3.95. The summed E-state index contributed by atoms with van der Waals surface area (Å²) < 4.78 is 0. The van der Waals surface area contributed by atoms with Gasteiger partial charge in [-0.2, -0.15) is 0 Å². The number of nitrogen functional groups attached to an aromatic ring is 1. The lowest BCUT2D eigenvalue weighted by molar-refractivity contribution is 0.0858. The van der Waals surface area contributed by atoms with Gasteiger partial charge in [-0.15, -0.1) is 0 Å². The van der Waals surface area contributed by atoms with E-state index in [0.717, 1.165) is 10.9 Å². The van der Waals surface area contributed by atoms with Crippen molar-refractivity contribution in [2.24, 2.45) is 0 Å². The largest absolute Gasteiger partial charge is 0.384 e. The number of rotatable bonds is 2. The first-order chi connectivity index (χ1) is 8.08. The average Bonchev–Trinajstić information content (AvgIpc) is 2.26. The molecular weight excluding hydrogens is 216 g/mol. The summed E-state index contributed by atoms with van der Waals surface area (Å²) in [6.07, 6.45) is 0. The van der Waals surface area contributed by atoms with Crippen LogP contribution in [0.25, 0.3) is 10.9 Å². The Bertz CT molecular complexity index is 565. The predicted octanol–water partition coefficient (Wildman–Crippen LogP) is 1.02. The average molecular weight is 230 g/mol. The zero-order valence-corrected chi connectivity index (χ0v) is 9.77. The lowest BCUT2D eigenvalue weighted by Gasteiger charge is -2.13.